The highest BCUT2D eigenvalue weighted by atomic mass is 16.5. The van der Waals surface area contributed by atoms with Crippen LogP contribution in [0.3, 0.4) is 0 Å². The molecule has 0 spiro atoms. The zero-order valence-electron chi connectivity index (χ0n) is 6.50. The fourth-order valence-electron chi connectivity index (χ4n) is 1.23. The van der Waals surface area contributed by atoms with Crippen LogP contribution in [0.1, 0.15) is 17.1 Å². The molecule has 0 amide bonds. The monoisotopic (exact) mass is 150 g/mol. The smallest absolute Gasteiger partial charge is 0.125 e. The number of aromatic nitrogens is 2. The number of aryl methyl sites for hydroxylation is 1. The lowest BCUT2D eigenvalue weighted by molar-refractivity contribution is 0.107. The molecule has 2 rings (SSSR count). The molecule has 0 unspecified atom stereocenters. The summed E-state index contributed by atoms with van der Waals surface area (Å²) in [6.45, 7) is 3.35. The van der Waals surface area contributed by atoms with Gasteiger partial charge in [-0.25, -0.2) is 9.97 Å². The van der Waals surface area contributed by atoms with Gasteiger partial charge in [0, 0.05) is 6.20 Å². The van der Waals surface area contributed by atoms with Crippen LogP contribution in [0.25, 0.3) is 0 Å². The summed E-state index contributed by atoms with van der Waals surface area (Å²) >= 11 is 0. The Morgan fingerprint density at radius 2 is 2.45 bits per heavy atom. The lowest BCUT2D eigenvalue weighted by atomic mass is 10.1. The van der Waals surface area contributed by atoms with E-state index in [-0.39, 0.29) is 0 Å². The van der Waals surface area contributed by atoms with E-state index in [1.165, 1.54) is 5.56 Å². The molecule has 2 heterocycles. The molecule has 1 aromatic heterocycles. The molecule has 0 N–H and O–H groups in total. The van der Waals surface area contributed by atoms with Gasteiger partial charge in [-0.05, 0) is 18.9 Å². The Labute approximate surface area is 65.4 Å². The largest absolute Gasteiger partial charge is 0.375 e. The number of rotatable bonds is 0. The molecular formula is C8H10N2O. The Hall–Kier alpha value is -0.960. The summed E-state index contributed by atoms with van der Waals surface area (Å²) in [6.07, 6.45) is 2.86. The van der Waals surface area contributed by atoms with Crippen molar-refractivity contribution in [3.05, 3.63) is 23.3 Å². The standard InChI is InChI=1S/C8H10N2O/c1-6-9-4-7-2-3-11-5-8(7)10-6/h4H,2-3,5H2,1H3. The van der Waals surface area contributed by atoms with Crippen molar-refractivity contribution < 1.29 is 4.74 Å². The van der Waals surface area contributed by atoms with Crippen LogP contribution in [-0.2, 0) is 17.8 Å². The number of hydrogen-bond acceptors (Lipinski definition) is 3. The maximum atomic E-state index is 5.26. The van der Waals surface area contributed by atoms with E-state index < -0.39 is 0 Å². The Morgan fingerprint density at radius 3 is 3.36 bits per heavy atom. The molecule has 1 aromatic rings. The molecule has 0 bridgehead atoms. The molecule has 0 atom stereocenters. The maximum Gasteiger partial charge on any atom is 0.125 e. The molecule has 11 heavy (non-hydrogen) atoms. The molecule has 0 radical (unpaired) electrons. The number of hydrogen-bond donors (Lipinski definition) is 0. The molecule has 0 aromatic carbocycles. The molecule has 0 aliphatic carbocycles. The van der Waals surface area contributed by atoms with Gasteiger partial charge in [-0.3, -0.25) is 0 Å². The van der Waals surface area contributed by atoms with Crippen LogP contribution in [0.4, 0.5) is 0 Å². The average molecular weight is 150 g/mol. The maximum absolute atomic E-state index is 5.26. The molecule has 58 valence electrons. The summed E-state index contributed by atoms with van der Waals surface area (Å²) in [5.74, 6) is 0.828. The van der Waals surface area contributed by atoms with Crippen molar-refractivity contribution in [1.29, 1.82) is 0 Å². The highest BCUT2D eigenvalue weighted by molar-refractivity contribution is 5.18. The van der Waals surface area contributed by atoms with Gasteiger partial charge in [0.15, 0.2) is 0 Å². The van der Waals surface area contributed by atoms with E-state index in [2.05, 4.69) is 9.97 Å². The van der Waals surface area contributed by atoms with E-state index in [1.807, 2.05) is 13.1 Å². The summed E-state index contributed by atoms with van der Waals surface area (Å²) < 4.78 is 5.26. The van der Waals surface area contributed by atoms with Crippen LogP contribution in [0.5, 0.6) is 0 Å². The van der Waals surface area contributed by atoms with Gasteiger partial charge in [0.05, 0.1) is 18.9 Å². The van der Waals surface area contributed by atoms with E-state index in [0.717, 1.165) is 24.5 Å². The predicted molar refractivity (Wildman–Crippen MR) is 40.1 cm³/mol. The first-order chi connectivity index (χ1) is 5.36. The minimum atomic E-state index is 0.651. The number of ether oxygens (including phenoxy) is 1. The van der Waals surface area contributed by atoms with Crippen LogP contribution >= 0.6 is 0 Å². The first kappa shape index (κ1) is 6.73. The van der Waals surface area contributed by atoms with Crippen molar-refractivity contribution in [1.82, 2.24) is 9.97 Å². The second-order valence-corrected chi connectivity index (χ2v) is 2.69. The summed E-state index contributed by atoms with van der Waals surface area (Å²) in [5.41, 5.74) is 2.30. The van der Waals surface area contributed by atoms with Crippen molar-refractivity contribution in [2.24, 2.45) is 0 Å². The lowest BCUT2D eigenvalue weighted by Gasteiger charge is -2.14. The predicted octanol–water partition coefficient (Wildman–Crippen LogP) is 0.858. The number of fused-ring (bicyclic) bond motifs is 1. The summed E-state index contributed by atoms with van der Waals surface area (Å²) in [6, 6.07) is 0. The summed E-state index contributed by atoms with van der Waals surface area (Å²) in [7, 11) is 0. The zero-order chi connectivity index (χ0) is 7.68. The van der Waals surface area contributed by atoms with Crippen LogP contribution < -0.4 is 0 Å². The second kappa shape index (κ2) is 2.58. The van der Waals surface area contributed by atoms with Crippen LogP contribution in [0.15, 0.2) is 6.20 Å². The SMILES string of the molecule is Cc1ncc2c(n1)COCC2. The molecule has 0 fully saturated rings. The van der Waals surface area contributed by atoms with Gasteiger partial charge in [-0.2, -0.15) is 0 Å². The Morgan fingerprint density at radius 1 is 1.55 bits per heavy atom. The summed E-state index contributed by atoms with van der Waals surface area (Å²) in [4.78, 5) is 8.40. The Bertz CT molecular complexity index is 273. The molecular weight excluding hydrogens is 140 g/mol. The topological polar surface area (TPSA) is 35.0 Å². The first-order valence-electron chi connectivity index (χ1n) is 3.75. The van der Waals surface area contributed by atoms with Crippen molar-refractivity contribution in [2.45, 2.75) is 20.0 Å². The molecule has 1 aliphatic rings. The van der Waals surface area contributed by atoms with Crippen LogP contribution in [0, 0.1) is 6.92 Å². The van der Waals surface area contributed by atoms with E-state index in [0.29, 0.717) is 6.61 Å². The second-order valence-electron chi connectivity index (χ2n) is 2.69. The minimum Gasteiger partial charge on any atom is -0.375 e. The molecule has 1 aliphatic heterocycles. The zero-order valence-corrected chi connectivity index (χ0v) is 6.50. The fraction of sp³-hybridized carbons (Fsp3) is 0.500. The molecule has 3 heteroatoms. The van der Waals surface area contributed by atoms with E-state index in [4.69, 9.17) is 4.74 Å². The van der Waals surface area contributed by atoms with Crippen molar-refractivity contribution in [3.8, 4) is 0 Å². The molecule has 3 nitrogen and oxygen atoms in total. The van der Waals surface area contributed by atoms with Gasteiger partial charge in [-0.15, -0.1) is 0 Å². The van der Waals surface area contributed by atoms with E-state index >= 15 is 0 Å². The van der Waals surface area contributed by atoms with Crippen LogP contribution in [-0.4, -0.2) is 16.6 Å². The third-order valence-electron chi connectivity index (χ3n) is 1.83. The van der Waals surface area contributed by atoms with E-state index in [1.54, 1.807) is 0 Å². The summed E-state index contributed by atoms with van der Waals surface area (Å²) in [5, 5.41) is 0. The minimum absolute atomic E-state index is 0.651. The fourth-order valence-corrected chi connectivity index (χ4v) is 1.23. The number of nitrogens with zero attached hydrogens (tertiary/aromatic N) is 2. The van der Waals surface area contributed by atoms with E-state index in [9.17, 15) is 0 Å². The van der Waals surface area contributed by atoms with Crippen molar-refractivity contribution in [3.63, 3.8) is 0 Å². The lowest BCUT2D eigenvalue weighted by Crippen LogP contribution is -2.12. The van der Waals surface area contributed by atoms with Gasteiger partial charge in [0.1, 0.15) is 5.82 Å². The normalized spacial score (nSPS) is 16.1. The van der Waals surface area contributed by atoms with Gasteiger partial charge < -0.3 is 4.74 Å². The third-order valence-corrected chi connectivity index (χ3v) is 1.83. The van der Waals surface area contributed by atoms with Gasteiger partial charge in [0.25, 0.3) is 0 Å². The van der Waals surface area contributed by atoms with Crippen LogP contribution in [0.2, 0.25) is 0 Å². The highest BCUT2D eigenvalue weighted by Crippen LogP contribution is 2.12. The van der Waals surface area contributed by atoms with Crippen molar-refractivity contribution >= 4 is 0 Å². The van der Waals surface area contributed by atoms with Gasteiger partial charge >= 0.3 is 0 Å². The Balaban J connectivity index is 2.43. The third kappa shape index (κ3) is 1.24. The van der Waals surface area contributed by atoms with Crippen molar-refractivity contribution in [2.75, 3.05) is 6.61 Å². The quantitative estimate of drug-likeness (QED) is 0.550. The van der Waals surface area contributed by atoms with Gasteiger partial charge in [0.2, 0.25) is 0 Å². The molecule has 0 saturated carbocycles. The molecule has 0 saturated heterocycles. The average Bonchev–Trinajstić information content (AvgIpc) is 2.04. The van der Waals surface area contributed by atoms with Gasteiger partial charge in [-0.1, -0.05) is 0 Å². The first-order valence-corrected chi connectivity index (χ1v) is 3.75. The highest BCUT2D eigenvalue weighted by Gasteiger charge is 2.10. The Kier molecular flexibility index (Phi) is 1.58.